The van der Waals surface area contributed by atoms with Crippen molar-refractivity contribution in [3.05, 3.63) is 48.0 Å². The lowest BCUT2D eigenvalue weighted by Crippen LogP contribution is -2.53. The molecule has 3 aromatic rings. The summed E-state index contributed by atoms with van der Waals surface area (Å²) in [5, 5.41) is 4.06. The molecule has 0 atom stereocenters. The second-order valence-electron chi connectivity index (χ2n) is 8.09. The molecule has 148 valence electrons. The Morgan fingerprint density at radius 2 is 2.10 bits per heavy atom. The van der Waals surface area contributed by atoms with E-state index in [1.807, 2.05) is 30.2 Å². The number of likely N-dealkylation sites (tertiary alicyclic amines) is 1. The van der Waals surface area contributed by atoms with E-state index < -0.39 is 0 Å². The first-order chi connectivity index (χ1) is 14.1. The number of carbonyl (C=O) groups is 1. The lowest BCUT2D eigenvalue weighted by molar-refractivity contribution is -0.148. The normalized spacial score (nSPS) is 19.0. The van der Waals surface area contributed by atoms with Crippen LogP contribution >= 0.6 is 0 Å². The zero-order valence-electron chi connectivity index (χ0n) is 16.5. The van der Waals surface area contributed by atoms with Crippen molar-refractivity contribution in [1.82, 2.24) is 20.0 Å². The van der Waals surface area contributed by atoms with Crippen LogP contribution in [0.3, 0.4) is 0 Å². The molecule has 5 rings (SSSR count). The molecular formula is C22H23N5O2. The molecule has 7 nitrogen and oxygen atoms in total. The molecule has 2 aliphatic rings. The summed E-state index contributed by atoms with van der Waals surface area (Å²) in [5.74, 6) is 1.89. The summed E-state index contributed by atoms with van der Waals surface area (Å²) in [6.07, 6.45) is 5.48. The van der Waals surface area contributed by atoms with Gasteiger partial charge >= 0.3 is 0 Å². The summed E-state index contributed by atoms with van der Waals surface area (Å²) >= 11 is 0. The second-order valence-corrected chi connectivity index (χ2v) is 8.09. The maximum Gasteiger partial charge on any atom is 0.229 e. The molecular weight excluding hydrogens is 366 g/mol. The van der Waals surface area contributed by atoms with Crippen molar-refractivity contribution in [2.75, 3.05) is 24.5 Å². The molecule has 0 saturated carbocycles. The summed E-state index contributed by atoms with van der Waals surface area (Å²) in [6.45, 7) is 4.80. The zero-order chi connectivity index (χ0) is 19.8. The minimum absolute atomic E-state index is 0.261. The van der Waals surface area contributed by atoms with Gasteiger partial charge in [0.05, 0.1) is 23.7 Å². The SMILES string of the molecule is Cc1cc(CN2CCCC3(CCN(c4cnc5ccc#cc5n4)CC3)C2=O)no1. The number of amides is 1. The number of nitrogens with zero attached hydrogens (tertiary/aromatic N) is 5. The molecule has 0 radical (unpaired) electrons. The van der Waals surface area contributed by atoms with Gasteiger partial charge in [0.15, 0.2) is 0 Å². The fraction of sp³-hybridized carbons (Fsp3) is 0.455. The third-order valence-electron chi connectivity index (χ3n) is 6.20. The van der Waals surface area contributed by atoms with Gasteiger partial charge in [0.25, 0.3) is 0 Å². The number of carbonyl (C=O) groups excluding carboxylic acids is 1. The molecule has 2 aromatic heterocycles. The Morgan fingerprint density at radius 3 is 2.90 bits per heavy atom. The van der Waals surface area contributed by atoms with E-state index in [0.29, 0.717) is 6.54 Å². The molecule has 0 aliphatic carbocycles. The fourth-order valence-corrected chi connectivity index (χ4v) is 4.60. The third-order valence-corrected chi connectivity index (χ3v) is 6.20. The van der Waals surface area contributed by atoms with Crippen LogP contribution in [0.4, 0.5) is 5.82 Å². The average molecular weight is 389 g/mol. The van der Waals surface area contributed by atoms with Crippen LogP contribution in [0.15, 0.2) is 28.9 Å². The standard InChI is InChI=1S/C22H23N5O2/c1-16-13-17(25-29-16)15-27-10-4-7-22(21(27)28)8-11-26(12-9-22)20-14-23-18-5-2-3-6-19(18)24-20/h2,5,13-14H,4,7-12,15H2,1H3. The molecule has 2 saturated heterocycles. The number of fused-ring (bicyclic) bond motifs is 1. The Balaban J connectivity index is 1.29. The summed E-state index contributed by atoms with van der Waals surface area (Å²) < 4.78 is 5.16. The number of rotatable bonds is 3. The Hall–Kier alpha value is -3.14. The van der Waals surface area contributed by atoms with E-state index in [-0.39, 0.29) is 11.3 Å². The van der Waals surface area contributed by atoms with Gasteiger partial charge in [-0.1, -0.05) is 11.2 Å². The molecule has 1 spiro atoms. The summed E-state index contributed by atoms with van der Waals surface area (Å²) in [5.41, 5.74) is 2.11. The predicted octanol–water partition coefficient (Wildman–Crippen LogP) is 2.94. The van der Waals surface area contributed by atoms with E-state index in [4.69, 9.17) is 4.52 Å². The van der Waals surface area contributed by atoms with Gasteiger partial charge in [-0.25, -0.2) is 4.98 Å². The Kier molecular flexibility index (Phi) is 4.35. The van der Waals surface area contributed by atoms with Crippen molar-refractivity contribution in [1.29, 1.82) is 0 Å². The number of aryl methyl sites for hydroxylation is 1. The number of aromatic nitrogens is 3. The molecule has 0 unspecified atom stereocenters. The zero-order valence-corrected chi connectivity index (χ0v) is 16.5. The van der Waals surface area contributed by atoms with E-state index in [0.717, 1.165) is 73.6 Å². The van der Waals surface area contributed by atoms with Gasteiger partial charge in [-0.05, 0) is 50.8 Å². The monoisotopic (exact) mass is 389 g/mol. The predicted molar refractivity (Wildman–Crippen MR) is 107 cm³/mol. The molecule has 4 heterocycles. The smallest absolute Gasteiger partial charge is 0.229 e. The Labute approximate surface area is 169 Å². The molecule has 2 aliphatic heterocycles. The molecule has 7 heteroatoms. The molecule has 2 fully saturated rings. The number of anilines is 1. The van der Waals surface area contributed by atoms with E-state index in [9.17, 15) is 4.79 Å². The van der Waals surface area contributed by atoms with Crippen LogP contribution in [0.2, 0.25) is 0 Å². The highest BCUT2D eigenvalue weighted by Gasteiger charge is 2.45. The highest BCUT2D eigenvalue weighted by atomic mass is 16.5. The van der Waals surface area contributed by atoms with Crippen molar-refractivity contribution in [2.45, 2.75) is 39.2 Å². The number of hydrogen-bond donors (Lipinski definition) is 0. The second kappa shape index (κ2) is 7.03. The van der Waals surface area contributed by atoms with Gasteiger partial charge in [-0.15, -0.1) is 0 Å². The van der Waals surface area contributed by atoms with Crippen molar-refractivity contribution in [2.24, 2.45) is 5.41 Å². The van der Waals surface area contributed by atoms with E-state index in [1.54, 1.807) is 6.07 Å². The molecule has 0 bridgehead atoms. The molecule has 1 aromatic carbocycles. The highest BCUT2D eigenvalue weighted by Crippen LogP contribution is 2.42. The van der Waals surface area contributed by atoms with Crippen LogP contribution in [0.5, 0.6) is 0 Å². The van der Waals surface area contributed by atoms with Crippen molar-refractivity contribution in [3.63, 3.8) is 0 Å². The lowest BCUT2D eigenvalue weighted by atomic mass is 9.71. The van der Waals surface area contributed by atoms with Crippen LogP contribution < -0.4 is 4.90 Å². The fourth-order valence-electron chi connectivity index (χ4n) is 4.60. The Morgan fingerprint density at radius 1 is 1.24 bits per heavy atom. The average Bonchev–Trinajstić information content (AvgIpc) is 3.16. The summed E-state index contributed by atoms with van der Waals surface area (Å²) in [7, 11) is 0. The maximum absolute atomic E-state index is 13.3. The minimum Gasteiger partial charge on any atom is -0.361 e. The van der Waals surface area contributed by atoms with Gasteiger partial charge in [-0.3, -0.25) is 9.78 Å². The van der Waals surface area contributed by atoms with Crippen LogP contribution in [-0.2, 0) is 11.3 Å². The molecule has 1 amide bonds. The van der Waals surface area contributed by atoms with Crippen LogP contribution in [0.1, 0.15) is 37.1 Å². The quantitative estimate of drug-likeness (QED) is 0.686. The topological polar surface area (TPSA) is 75.4 Å². The first-order valence-corrected chi connectivity index (χ1v) is 10.1. The van der Waals surface area contributed by atoms with Gasteiger partial charge in [0, 0.05) is 25.7 Å². The van der Waals surface area contributed by atoms with Crippen LogP contribution in [0, 0.1) is 24.5 Å². The first kappa shape index (κ1) is 17.9. The van der Waals surface area contributed by atoms with Crippen molar-refractivity contribution < 1.29 is 9.32 Å². The maximum atomic E-state index is 13.3. The molecule has 29 heavy (non-hydrogen) atoms. The van der Waals surface area contributed by atoms with Crippen molar-refractivity contribution >= 4 is 22.8 Å². The number of hydrogen-bond acceptors (Lipinski definition) is 6. The van der Waals surface area contributed by atoms with Gasteiger partial charge in [0.2, 0.25) is 5.91 Å². The van der Waals surface area contributed by atoms with E-state index in [2.05, 4.69) is 32.2 Å². The van der Waals surface area contributed by atoms with Crippen LogP contribution in [0.25, 0.3) is 11.0 Å². The first-order valence-electron chi connectivity index (χ1n) is 10.1. The van der Waals surface area contributed by atoms with E-state index in [1.165, 1.54) is 0 Å². The summed E-state index contributed by atoms with van der Waals surface area (Å²) in [4.78, 5) is 26.7. The van der Waals surface area contributed by atoms with Crippen LogP contribution in [-0.4, -0.2) is 45.6 Å². The largest absolute Gasteiger partial charge is 0.361 e. The summed E-state index contributed by atoms with van der Waals surface area (Å²) in [6, 6.07) is 11.6. The van der Waals surface area contributed by atoms with E-state index >= 15 is 0 Å². The van der Waals surface area contributed by atoms with Crippen molar-refractivity contribution in [3.8, 4) is 0 Å². The third kappa shape index (κ3) is 3.29. The highest BCUT2D eigenvalue weighted by molar-refractivity contribution is 5.84. The lowest BCUT2D eigenvalue weighted by Gasteiger charge is -2.46. The van der Waals surface area contributed by atoms with Gasteiger partial charge in [-0.2, -0.15) is 0 Å². The number of piperidine rings is 2. The van der Waals surface area contributed by atoms with Gasteiger partial charge in [0.1, 0.15) is 22.8 Å². The minimum atomic E-state index is -0.266. The van der Waals surface area contributed by atoms with Gasteiger partial charge < -0.3 is 14.3 Å². The molecule has 0 N–H and O–H groups in total. The Bertz CT molecular complexity index is 1040.